The average molecular weight is 413 g/mol. The minimum absolute atomic E-state index is 0.0491. The fraction of sp³-hybridized carbons (Fsp3) is 0.273. The Morgan fingerprint density at radius 3 is 2.55 bits per heavy atom. The molecule has 0 atom stereocenters. The summed E-state index contributed by atoms with van der Waals surface area (Å²) in [5, 5.41) is 1.13. The largest absolute Gasteiger partial charge is 0.493 e. The van der Waals surface area contributed by atoms with Crippen LogP contribution in [0.15, 0.2) is 35.1 Å². The molecule has 3 aromatic rings. The van der Waals surface area contributed by atoms with Gasteiger partial charge in [-0.25, -0.2) is 4.98 Å². The van der Waals surface area contributed by atoms with Crippen molar-refractivity contribution >= 4 is 34.2 Å². The zero-order valence-corrected chi connectivity index (χ0v) is 17.2. The maximum absolute atomic E-state index is 12.8. The van der Waals surface area contributed by atoms with Crippen LogP contribution in [0.3, 0.4) is 0 Å². The minimum Gasteiger partial charge on any atom is -0.493 e. The number of benzene rings is 2. The van der Waals surface area contributed by atoms with Crippen molar-refractivity contribution < 1.29 is 14.2 Å². The summed E-state index contributed by atoms with van der Waals surface area (Å²) >= 11 is 6.09. The molecule has 7 heteroatoms. The maximum atomic E-state index is 12.8. The number of allylic oxidation sites excluding steroid dienone is 1. The number of nitrogens with zero attached hydrogens (tertiary/aromatic N) is 2. The predicted molar refractivity (Wildman–Crippen MR) is 114 cm³/mol. The van der Waals surface area contributed by atoms with Crippen molar-refractivity contribution in [1.29, 1.82) is 0 Å². The first-order valence-electron chi connectivity index (χ1n) is 9.35. The lowest BCUT2D eigenvalue weighted by molar-refractivity contribution is 0.288. The summed E-state index contributed by atoms with van der Waals surface area (Å²) in [5.74, 6) is 2.41. The third kappa shape index (κ3) is 3.44. The Kier molecular flexibility index (Phi) is 5.20. The molecule has 2 aromatic carbocycles. The second-order valence-corrected chi connectivity index (χ2v) is 7.10. The number of methoxy groups -OCH3 is 2. The van der Waals surface area contributed by atoms with E-state index < -0.39 is 0 Å². The molecule has 150 valence electrons. The molecule has 1 aliphatic rings. The third-order valence-corrected chi connectivity index (χ3v) is 5.16. The first-order valence-corrected chi connectivity index (χ1v) is 9.73. The van der Waals surface area contributed by atoms with Crippen molar-refractivity contribution in [1.82, 2.24) is 9.55 Å². The van der Waals surface area contributed by atoms with E-state index in [4.69, 9.17) is 30.8 Å². The van der Waals surface area contributed by atoms with E-state index in [-0.39, 0.29) is 5.56 Å². The van der Waals surface area contributed by atoms with Gasteiger partial charge in [-0.3, -0.25) is 9.36 Å². The van der Waals surface area contributed by atoms with Gasteiger partial charge in [0, 0.05) is 11.6 Å². The van der Waals surface area contributed by atoms with Crippen LogP contribution in [-0.2, 0) is 6.54 Å². The van der Waals surface area contributed by atoms with E-state index in [2.05, 4.69) is 0 Å². The first kappa shape index (κ1) is 19.3. The van der Waals surface area contributed by atoms with Gasteiger partial charge >= 0.3 is 0 Å². The fourth-order valence-electron chi connectivity index (χ4n) is 3.60. The summed E-state index contributed by atoms with van der Waals surface area (Å²) in [5.41, 5.74) is 2.40. The molecule has 0 radical (unpaired) electrons. The summed E-state index contributed by atoms with van der Waals surface area (Å²) in [6.07, 6.45) is 2.71. The molecule has 29 heavy (non-hydrogen) atoms. The van der Waals surface area contributed by atoms with Crippen LogP contribution in [0, 0.1) is 0 Å². The van der Waals surface area contributed by atoms with Crippen molar-refractivity contribution in [2.75, 3.05) is 20.8 Å². The second-order valence-electron chi connectivity index (χ2n) is 6.66. The Labute approximate surface area is 173 Å². The van der Waals surface area contributed by atoms with Crippen molar-refractivity contribution in [3.8, 4) is 17.2 Å². The summed E-state index contributed by atoms with van der Waals surface area (Å²) in [6.45, 7) is 3.00. The maximum Gasteiger partial charge on any atom is 0.261 e. The van der Waals surface area contributed by atoms with Crippen molar-refractivity contribution in [2.45, 2.75) is 19.9 Å². The van der Waals surface area contributed by atoms with Crippen LogP contribution < -0.4 is 19.8 Å². The van der Waals surface area contributed by atoms with E-state index in [1.807, 2.05) is 25.1 Å². The number of fused-ring (bicyclic) bond motifs is 2. The molecule has 0 spiro atoms. The molecule has 4 rings (SSSR count). The average Bonchev–Trinajstić information content (AvgIpc) is 3.11. The van der Waals surface area contributed by atoms with E-state index >= 15 is 0 Å². The van der Waals surface area contributed by atoms with Gasteiger partial charge in [-0.05, 0) is 60.9 Å². The minimum atomic E-state index is -0.0491. The van der Waals surface area contributed by atoms with Gasteiger partial charge in [0.15, 0.2) is 11.5 Å². The summed E-state index contributed by atoms with van der Waals surface area (Å²) in [7, 11) is 3.19. The van der Waals surface area contributed by atoms with Crippen LogP contribution in [0.25, 0.3) is 22.6 Å². The Balaban J connectivity index is 1.84. The van der Waals surface area contributed by atoms with E-state index in [1.165, 1.54) is 0 Å². The lowest BCUT2D eigenvalue weighted by atomic mass is 10.1. The van der Waals surface area contributed by atoms with Gasteiger partial charge in [0.1, 0.15) is 5.82 Å². The summed E-state index contributed by atoms with van der Waals surface area (Å²) in [4.78, 5) is 17.6. The zero-order valence-electron chi connectivity index (χ0n) is 16.5. The fourth-order valence-corrected chi connectivity index (χ4v) is 3.77. The Bertz CT molecular complexity index is 1160. The SMILES string of the molecule is CCOc1c(OC)cc(/C=C2/CCn3c2nc2cc(Cl)ccc2c3=O)cc1OC. The molecule has 0 N–H and O–H groups in total. The molecule has 1 aromatic heterocycles. The normalized spacial score (nSPS) is 14.3. The van der Waals surface area contributed by atoms with Gasteiger partial charge in [-0.15, -0.1) is 0 Å². The van der Waals surface area contributed by atoms with Crippen molar-refractivity contribution in [2.24, 2.45) is 0 Å². The van der Waals surface area contributed by atoms with Gasteiger partial charge in [-0.2, -0.15) is 0 Å². The van der Waals surface area contributed by atoms with Crippen LogP contribution in [0.1, 0.15) is 24.7 Å². The summed E-state index contributed by atoms with van der Waals surface area (Å²) < 4.78 is 18.3. The van der Waals surface area contributed by atoms with Gasteiger partial charge < -0.3 is 14.2 Å². The molecule has 0 aliphatic carbocycles. The van der Waals surface area contributed by atoms with Crippen LogP contribution >= 0.6 is 11.6 Å². The van der Waals surface area contributed by atoms with Crippen LogP contribution in [-0.4, -0.2) is 30.4 Å². The Morgan fingerprint density at radius 2 is 1.90 bits per heavy atom. The molecule has 0 bridgehead atoms. The van der Waals surface area contributed by atoms with E-state index in [9.17, 15) is 4.79 Å². The number of hydrogen-bond acceptors (Lipinski definition) is 5. The molecular formula is C22H21ClN2O4. The Hall–Kier alpha value is -2.99. The van der Waals surface area contributed by atoms with E-state index in [0.717, 1.165) is 11.1 Å². The molecule has 0 saturated heterocycles. The highest BCUT2D eigenvalue weighted by Crippen LogP contribution is 2.40. The van der Waals surface area contributed by atoms with Gasteiger partial charge in [0.05, 0.1) is 31.7 Å². The van der Waals surface area contributed by atoms with Crippen molar-refractivity contribution in [3.63, 3.8) is 0 Å². The van der Waals surface area contributed by atoms with Crippen LogP contribution in [0.5, 0.6) is 17.2 Å². The highest BCUT2D eigenvalue weighted by atomic mass is 35.5. The number of ether oxygens (including phenoxy) is 3. The Morgan fingerprint density at radius 1 is 1.17 bits per heavy atom. The standard InChI is InChI=1S/C22H21ClN2O4/c1-4-29-20-18(27-2)10-13(11-19(20)28-3)9-14-7-8-25-21(14)24-17-12-15(23)5-6-16(17)22(25)26/h5-6,9-12H,4,7-8H2,1-3H3/b14-9-. The van der Waals surface area contributed by atoms with Gasteiger partial charge in [0.25, 0.3) is 5.56 Å². The molecule has 2 heterocycles. The highest BCUT2D eigenvalue weighted by Gasteiger charge is 2.22. The second kappa shape index (κ2) is 7.79. The molecule has 0 fully saturated rings. The highest BCUT2D eigenvalue weighted by molar-refractivity contribution is 6.31. The van der Waals surface area contributed by atoms with Crippen LogP contribution in [0.2, 0.25) is 5.02 Å². The molecule has 0 saturated carbocycles. The molecule has 6 nitrogen and oxygen atoms in total. The first-order chi connectivity index (χ1) is 14.0. The lowest BCUT2D eigenvalue weighted by Crippen LogP contribution is -2.20. The summed E-state index contributed by atoms with van der Waals surface area (Å²) in [6, 6.07) is 8.94. The smallest absolute Gasteiger partial charge is 0.261 e. The molecular weight excluding hydrogens is 392 g/mol. The molecule has 0 unspecified atom stereocenters. The quantitative estimate of drug-likeness (QED) is 0.621. The number of aromatic nitrogens is 2. The molecule has 1 aliphatic heterocycles. The van der Waals surface area contributed by atoms with Gasteiger partial charge in [0.2, 0.25) is 5.75 Å². The monoisotopic (exact) mass is 412 g/mol. The van der Waals surface area contributed by atoms with E-state index in [1.54, 1.807) is 37.0 Å². The predicted octanol–water partition coefficient (Wildman–Crippen LogP) is 4.41. The zero-order chi connectivity index (χ0) is 20.5. The van der Waals surface area contributed by atoms with Crippen LogP contribution in [0.4, 0.5) is 0 Å². The van der Waals surface area contributed by atoms with Gasteiger partial charge in [-0.1, -0.05) is 11.6 Å². The molecule has 0 amide bonds. The lowest BCUT2D eigenvalue weighted by Gasteiger charge is -2.14. The number of halogens is 1. The van der Waals surface area contributed by atoms with Crippen molar-refractivity contribution in [3.05, 3.63) is 57.1 Å². The topological polar surface area (TPSA) is 62.6 Å². The number of hydrogen-bond donors (Lipinski definition) is 0. The number of rotatable bonds is 5. The third-order valence-electron chi connectivity index (χ3n) is 4.92. The van der Waals surface area contributed by atoms with E-state index in [0.29, 0.717) is 58.6 Å².